The van der Waals surface area contributed by atoms with E-state index in [0.717, 1.165) is 38.3 Å². The van der Waals surface area contributed by atoms with Crippen LogP contribution in [0.1, 0.15) is 59.8 Å². The van der Waals surface area contributed by atoms with Gasteiger partial charge in [0.05, 0.1) is 5.60 Å². The minimum atomic E-state index is -0.574. The Balaban J connectivity index is 2.16. The van der Waals surface area contributed by atoms with Crippen molar-refractivity contribution in [1.82, 2.24) is 5.32 Å². The average molecular weight is 282 g/mol. The molecule has 0 aromatic heterocycles. The first-order valence-electron chi connectivity index (χ1n) is 8.38. The van der Waals surface area contributed by atoms with Gasteiger partial charge in [-0.25, -0.2) is 0 Å². The van der Waals surface area contributed by atoms with Crippen molar-refractivity contribution in [3.05, 3.63) is 0 Å². The summed E-state index contributed by atoms with van der Waals surface area (Å²) in [4.78, 5) is 0. The monoisotopic (exact) mass is 282 g/mol. The third kappa shape index (κ3) is 2.65. The van der Waals surface area contributed by atoms with Gasteiger partial charge >= 0.3 is 0 Å². The van der Waals surface area contributed by atoms with Crippen LogP contribution in [0.15, 0.2) is 0 Å². The molecule has 2 aliphatic rings. The Morgan fingerprint density at radius 2 is 1.80 bits per heavy atom. The number of piperidine rings is 1. The molecule has 1 saturated heterocycles. The lowest BCUT2D eigenvalue weighted by Crippen LogP contribution is -2.63. The molecule has 118 valence electrons. The Hall–Kier alpha value is -0.120. The standard InChI is InChI=1S/C17H34N2O/c1-13-11-19-10-9-17(13,20)16(12-18)7-5-14(6-8-16)15(2,3)4/h13-14,19-20H,5-12,18H2,1-4H3. The predicted octanol–water partition coefficient (Wildman–Crippen LogP) is 2.53. The molecule has 0 aromatic rings. The van der Waals surface area contributed by atoms with E-state index in [0.29, 0.717) is 17.9 Å². The molecule has 2 rings (SSSR count). The molecule has 1 aliphatic heterocycles. The van der Waals surface area contributed by atoms with E-state index in [1.54, 1.807) is 0 Å². The fourth-order valence-electron chi connectivity index (χ4n) is 4.65. The van der Waals surface area contributed by atoms with Crippen LogP contribution in [0.4, 0.5) is 0 Å². The molecule has 2 atom stereocenters. The average Bonchev–Trinajstić information content (AvgIpc) is 2.41. The zero-order valence-electron chi connectivity index (χ0n) is 13.8. The van der Waals surface area contributed by atoms with Crippen LogP contribution in [0.3, 0.4) is 0 Å². The highest BCUT2D eigenvalue weighted by Crippen LogP contribution is 2.53. The van der Waals surface area contributed by atoms with Crippen LogP contribution < -0.4 is 11.1 Å². The van der Waals surface area contributed by atoms with E-state index in [1.807, 2.05) is 0 Å². The zero-order chi connectivity index (χ0) is 15.0. The van der Waals surface area contributed by atoms with Gasteiger partial charge < -0.3 is 16.2 Å². The predicted molar refractivity (Wildman–Crippen MR) is 84.5 cm³/mol. The van der Waals surface area contributed by atoms with Crippen LogP contribution in [0.25, 0.3) is 0 Å². The maximum absolute atomic E-state index is 11.4. The highest BCUT2D eigenvalue weighted by atomic mass is 16.3. The van der Waals surface area contributed by atoms with E-state index < -0.39 is 5.60 Å². The third-order valence-electron chi connectivity index (χ3n) is 6.43. The fourth-order valence-corrected chi connectivity index (χ4v) is 4.65. The van der Waals surface area contributed by atoms with Crippen molar-refractivity contribution < 1.29 is 5.11 Å². The Bertz CT molecular complexity index is 328. The van der Waals surface area contributed by atoms with Crippen molar-refractivity contribution in [2.75, 3.05) is 19.6 Å². The van der Waals surface area contributed by atoms with Crippen molar-refractivity contribution in [3.63, 3.8) is 0 Å². The lowest BCUT2D eigenvalue weighted by Gasteiger charge is -2.56. The summed E-state index contributed by atoms with van der Waals surface area (Å²) in [6.45, 7) is 11.7. The maximum atomic E-state index is 11.4. The Morgan fingerprint density at radius 3 is 2.25 bits per heavy atom. The van der Waals surface area contributed by atoms with Gasteiger partial charge in [-0.1, -0.05) is 27.7 Å². The first-order chi connectivity index (χ1) is 9.25. The number of nitrogens with one attached hydrogen (secondary N) is 1. The van der Waals surface area contributed by atoms with E-state index in [9.17, 15) is 5.11 Å². The summed E-state index contributed by atoms with van der Waals surface area (Å²) >= 11 is 0. The maximum Gasteiger partial charge on any atom is 0.0765 e. The van der Waals surface area contributed by atoms with E-state index >= 15 is 0 Å². The molecule has 0 bridgehead atoms. The molecule has 2 unspecified atom stereocenters. The lowest BCUT2D eigenvalue weighted by atomic mass is 9.54. The van der Waals surface area contributed by atoms with Crippen LogP contribution in [-0.2, 0) is 0 Å². The second kappa shape index (κ2) is 5.58. The van der Waals surface area contributed by atoms with Crippen LogP contribution >= 0.6 is 0 Å². The Morgan fingerprint density at radius 1 is 1.20 bits per heavy atom. The van der Waals surface area contributed by atoms with Crippen molar-refractivity contribution in [2.24, 2.45) is 28.4 Å². The number of aliphatic hydroxyl groups is 1. The Labute approximate surface area is 124 Å². The minimum Gasteiger partial charge on any atom is -0.389 e. The molecule has 0 amide bonds. The van der Waals surface area contributed by atoms with Crippen molar-refractivity contribution in [2.45, 2.75) is 65.4 Å². The van der Waals surface area contributed by atoms with Crippen LogP contribution in [0.2, 0.25) is 0 Å². The lowest BCUT2D eigenvalue weighted by molar-refractivity contribution is -0.155. The van der Waals surface area contributed by atoms with E-state index in [1.165, 1.54) is 12.8 Å². The molecule has 0 radical (unpaired) electrons. The molecule has 1 heterocycles. The van der Waals surface area contributed by atoms with E-state index in [4.69, 9.17) is 5.73 Å². The third-order valence-corrected chi connectivity index (χ3v) is 6.43. The Kier molecular flexibility index (Phi) is 4.54. The first kappa shape index (κ1) is 16.3. The number of hydrogen-bond acceptors (Lipinski definition) is 3. The number of rotatable bonds is 2. The SMILES string of the molecule is CC1CNCCC1(O)C1(CN)CCC(C(C)(C)C)CC1. The largest absolute Gasteiger partial charge is 0.389 e. The number of hydrogen-bond donors (Lipinski definition) is 3. The fraction of sp³-hybridized carbons (Fsp3) is 1.00. The topological polar surface area (TPSA) is 58.3 Å². The zero-order valence-corrected chi connectivity index (χ0v) is 13.8. The molecular formula is C17H34N2O. The normalized spacial score (nSPS) is 43.5. The molecule has 3 heteroatoms. The summed E-state index contributed by atoms with van der Waals surface area (Å²) in [7, 11) is 0. The highest BCUT2D eigenvalue weighted by molar-refractivity contribution is 5.07. The van der Waals surface area contributed by atoms with E-state index in [2.05, 4.69) is 33.0 Å². The van der Waals surface area contributed by atoms with Crippen molar-refractivity contribution >= 4 is 0 Å². The van der Waals surface area contributed by atoms with Gasteiger partial charge in [0.15, 0.2) is 0 Å². The summed E-state index contributed by atoms with van der Waals surface area (Å²) in [5.41, 5.74) is 5.94. The smallest absolute Gasteiger partial charge is 0.0765 e. The van der Waals surface area contributed by atoms with Gasteiger partial charge in [0.1, 0.15) is 0 Å². The second-order valence-corrected chi connectivity index (χ2v) is 8.40. The second-order valence-electron chi connectivity index (χ2n) is 8.40. The van der Waals surface area contributed by atoms with Gasteiger partial charge in [0, 0.05) is 18.5 Å². The molecule has 2 fully saturated rings. The molecule has 4 N–H and O–H groups in total. The summed E-state index contributed by atoms with van der Waals surface area (Å²) in [5.74, 6) is 1.06. The molecule has 0 spiro atoms. The van der Waals surface area contributed by atoms with Crippen molar-refractivity contribution in [1.29, 1.82) is 0 Å². The van der Waals surface area contributed by atoms with Gasteiger partial charge in [-0.2, -0.15) is 0 Å². The highest BCUT2D eigenvalue weighted by Gasteiger charge is 2.54. The molecular weight excluding hydrogens is 248 g/mol. The summed E-state index contributed by atoms with van der Waals surface area (Å²) in [5, 5.41) is 14.8. The molecule has 20 heavy (non-hydrogen) atoms. The van der Waals surface area contributed by atoms with Crippen LogP contribution in [0, 0.1) is 22.7 Å². The van der Waals surface area contributed by atoms with Gasteiger partial charge in [0.2, 0.25) is 0 Å². The van der Waals surface area contributed by atoms with Crippen LogP contribution in [-0.4, -0.2) is 30.3 Å². The van der Waals surface area contributed by atoms with Crippen LogP contribution in [0.5, 0.6) is 0 Å². The molecule has 3 nitrogen and oxygen atoms in total. The summed E-state index contributed by atoms with van der Waals surface area (Å²) in [6.07, 6.45) is 5.45. The van der Waals surface area contributed by atoms with Crippen molar-refractivity contribution in [3.8, 4) is 0 Å². The van der Waals surface area contributed by atoms with Gasteiger partial charge in [-0.15, -0.1) is 0 Å². The number of nitrogens with two attached hydrogens (primary N) is 1. The van der Waals surface area contributed by atoms with Gasteiger partial charge in [-0.05, 0) is 55.9 Å². The van der Waals surface area contributed by atoms with E-state index in [-0.39, 0.29) is 5.41 Å². The quantitative estimate of drug-likeness (QED) is 0.729. The van der Waals surface area contributed by atoms with Gasteiger partial charge in [0.25, 0.3) is 0 Å². The molecule has 1 saturated carbocycles. The summed E-state index contributed by atoms with van der Waals surface area (Å²) < 4.78 is 0. The summed E-state index contributed by atoms with van der Waals surface area (Å²) in [6, 6.07) is 0. The minimum absolute atomic E-state index is 0.0593. The first-order valence-corrected chi connectivity index (χ1v) is 8.38. The van der Waals surface area contributed by atoms with Gasteiger partial charge in [-0.3, -0.25) is 0 Å². The molecule has 0 aromatic carbocycles. The molecule has 1 aliphatic carbocycles.